The number of piperazine rings is 1. The molecule has 1 atom stereocenters. The quantitative estimate of drug-likeness (QED) is 0.781. The van der Waals surface area contributed by atoms with E-state index in [0.717, 1.165) is 6.54 Å². The van der Waals surface area contributed by atoms with E-state index in [0.29, 0.717) is 13.1 Å². The molecule has 0 aromatic carbocycles. The van der Waals surface area contributed by atoms with E-state index in [2.05, 4.69) is 10.2 Å². The summed E-state index contributed by atoms with van der Waals surface area (Å²) in [7, 11) is 1.99. The van der Waals surface area contributed by atoms with Crippen LogP contribution in [0, 0.1) is 5.41 Å². The van der Waals surface area contributed by atoms with Crippen LogP contribution in [0.3, 0.4) is 0 Å². The highest BCUT2D eigenvalue weighted by atomic mass is 16.4. The Labute approximate surface area is 118 Å². The van der Waals surface area contributed by atoms with Gasteiger partial charge in [-0.15, -0.1) is 0 Å². The summed E-state index contributed by atoms with van der Waals surface area (Å²) in [5.74, 6) is -1.62. The van der Waals surface area contributed by atoms with Gasteiger partial charge in [-0.2, -0.15) is 0 Å². The van der Waals surface area contributed by atoms with Crippen molar-refractivity contribution < 1.29 is 19.5 Å². The molecule has 1 rings (SSSR count). The zero-order valence-corrected chi connectivity index (χ0v) is 12.5. The van der Waals surface area contributed by atoms with E-state index in [1.807, 2.05) is 14.0 Å². The van der Waals surface area contributed by atoms with E-state index in [1.54, 1.807) is 4.90 Å². The van der Waals surface area contributed by atoms with E-state index in [9.17, 15) is 14.4 Å². The van der Waals surface area contributed by atoms with Crippen molar-refractivity contribution >= 4 is 17.9 Å². The van der Waals surface area contributed by atoms with Crippen molar-refractivity contribution in [1.29, 1.82) is 0 Å². The maximum Gasteiger partial charge on any atom is 0.324 e. The lowest BCUT2D eigenvalue weighted by atomic mass is 9.89. The van der Waals surface area contributed by atoms with Crippen LogP contribution >= 0.6 is 0 Å². The predicted octanol–water partition coefficient (Wildman–Crippen LogP) is 0.359. The summed E-state index contributed by atoms with van der Waals surface area (Å²) in [5.41, 5.74) is -1.18. The second-order valence-corrected chi connectivity index (χ2v) is 5.99. The van der Waals surface area contributed by atoms with Gasteiger partial charge in [0.2, 0.25) is 5.91 Å². The third kappa shape index (κ3) is 4.19. The summed E-state index contributed by atoms with van der Waals surface area (Å²) in [6.45, 7) is 6.78. The fourth-order valence-corrected chi connectivity index (χ4v) is 1.95. The molecule has 1 fully saturated rings. The van der Waals surface area contributed by atoms with Gasteiger partial charge in [0.05, 0.1) is 5.41 Å². The van der Waals surface area contributed by atoms with Crippen LogP contribution in [0.15, 0.2) is 0 Å². The molecule has 0 saturated carbocycles. The first kappa shape index (κ1) is 16.4. The Morgan fingerprint density at radius 1 is 1.30 bits per heavy atom. The lowest BCUT2D eigenvalue weighted by molar-refractivity contribution is -0.149. The van der Waals surface area contributed by atoms with Crippen LogP contribution < -0.4 is 5.32 Å². The molecule has 2 N–H and O–H groups in total. The van der Waals surface area contributed by atoms with Crippen LogP contribution in [0.4, 0.5) is 4.79 Å². The van der Waals surface area contributed by atoms with Gasteiger partial charge >= 0.3 is 12.0 Å². The van der Waals surface area contributed by atoms with Crippen LogP contribution in [0.25, 0.3) is 0 Å². The lowest BCUT2D eigenvalue weighted by Crippen LogP contribution is -2.55. The van der Waals surface area contributed by atoms with Gasteiger partial charge in [-0.3, -0.25) is 14.9 Å². The topological polar surface area (TPSA) is 90.0 Å². The maximum atomic E-state index is 11.9. The second kappa shape index (κ2) is 6.21. The highest BCUT2D eigenvalue weighted by molar-refractivity contribution is 5.96. The first-order chi connectivity index (χ1) is 9.13. The molecule has 0 spiro atoms. The standard InChI is InChI=1S/C13H23N3O4/c1-9-8-16(6-5-15(9)4)12(20)14-10(17)7-13(2,3)11(18)19/h9H,5-8H2,1-4H3,(H,18,19)(H,14,17,20). The van der Waals surface area contributed by atoms with Gasteiger partial charge in [-0.1, -0.05) is 0 Å². The highest BCUT2D eigenvalue weighted by Gasteiger charge is 2.32. The summed E-state index contributed by atoms with van der Waals surface area (Å²) in [5, 5.41) is 11.2. The predicted molar refractivity (Wildman–Crippen MR) is 73.2 cm³/mol. The number of nitrogens with zero attached hydrogens (tertiary/aromatic N) is 2. The van der Waals surface area contributed by atoms with Gasteiger partial charge in [-0.25, -0.2) is 4.79 Å². The van der Waals surface area contributed by atoms with Crippen molar-refractivity contribution in [2.24, 2.45) is 5.41 Å². The normalized spacial score (nSPS) is 20.6. The minimum Gasteiger partial charge on any atom is -0.481 e. The number of hydrogen-bond donors (Lipinski definition) is 2. The Balaban J connectivity index is 2.50. The molecule has 1 saturated heterocycles. The van der Waals surface area contributed by atoms with Gasteiger partial charge in [0.1, 0.15) is 0 Å². The Hall–Kier alpha value is -1.63. The number of carboxylic acid groups (broad SMARTS) is 1. The molecular formula is C13H23N3O4. The van der Waals surface area contributed by atoms with E-state index in [-0.39, 0.29) is 12.5 Å². The molecule has 1 heterocycles. The number of amides is 3. The molecule has 1 aliphatic rings. The summed E-state index contributed by atoms with van der Waals surface area (Å²) in [6, 6.07) is -0.212. The van der Waals surface area contributed by atoms with Crippen molar-refractivity contribution in [2.45, 2.75) is 33.2 Å². The number of nitrogens with one attached hydrogen (secondary N) is 1. The fraction of sp³-hybridized carbons (Fsp3) is 0.769. The summed E-state index contributed by atoms with van der Waals surface area (Å²) in [6.07, 6.45) is -0.225. The van der Waals surface area contributed by atoms with Gasteiger partial charge in [0.15, 0.2) is 0 Å². The molecule has 1 aliphatic heterocycles. The molecule has 0 bridgehead atoms. The van der Waals surface area contributed by atoms with E-state index >= 15 is 0 Å². The maximum absolute atomic E-state index is 11.9. The van der Waals surface area contributed by atoms with Gasteiger partial charge in [-0.05, 0) is 27.8 Å². The minimum atomic E-state index is -1.18. The van der Waals surface area contributed by atoms with Gasteiger partial charge < -0.3 is 14.9 Å². The van der Waals surface area contributed by atoms with Gasteiger partial charge in [0, 0.05) is 32.1 Å². The summed E-state index contributed by atoms with van der Waals surface area (Å²) >= 11 is 0. The number of aliphatic carboxylic acids is 1. The monoisotopic (exact) mass is 285 g/mol. The number of hydrogen-bond acceptors (Lipinski definition) is 4. The molecule has 0 radical (unpaired) electrons. The molecular weight excluding hydrogens is 262 g/mol. The van der Waals surface area contributed by atoms with E-state index in [1.165, 1.54) is 13.8 Å². The van der Waals surface area contributed by atoms with Crippen LogP contribution in [0.1, 0.15) is 27.2 Å². The first-order valence-electron chi connectivity index (χ1n) is 6.66. The smallest absolute Gasteiger partial charge is 0.324 e. The molecule has 1 unspecified atom stereocenters. The first-order valence-corrected chi connectivity index (χ1v) is 6.66. The molecule has 0 aromatic heterocycles. The SMILES string of the molecule is CC1CN(C(=O)NC(=O)CC(C)(C)C(=O)O)CCN1C. The lowest BCUT2D eigenvalue weighted by Gasteiger charge is -2.37. The Kier molecular flexibility index (Phi) is 5.10. The molecule has 0 aromatic rings. The number of urea groups is 1. The van der Waals surface area contributed by atoms with Crippen LogP contribution in [0.5, 0.6) is 0 Å². The molecule has 7 heteroatoms. The van der Waals surface area contributed by atoms with Crippen LogP contribution in [-0.2, 0) is 9.59 Å². The molecule has 20 heavy (non-hydrogen) atoms. The Bertz CT molecular complexity index is 408. The molecule has 7 nitrogen and oxygen atoms in total. The van der Waals surface area contributed by atoms with Crippen LogP contribution in [-0.4, -0.2) is 65.5 Å². The van der Waals surface area contributed by atoms with Crippen molar-refractivity contribution in [3.05, 3.63) is 0 Å². The van der Waals surface area contributed by atoms with Crippen LogP contribution in [0.2, 0.25) is 0 Å². The average molecular weight is 285 g/mol. The number of carbonyl (C=O) groups is 3. The van der Waals surface area contributed by atoms with Crippen molar-refractivity contribution in [1.82, 2.24) is 15.1 Å². The second-order valence-electron chi connectivity index (χ2n) is 5.99. The summed E-state index contributed by atoms with van der Waals surface area (Å²) in [4.78, 5) is 38.3. The summed E-state index contributed by atoms with van der Waals surface area (Å²) < 4.78 is 0. The van der Waals surface area contributed by atoms with Crippen molar-refractivity contribution in [2.75, 3.05) is 26.7 Å². The minimum absolute atomic E-state index is 0.225. The molecule has 114 valence electrons. The Morgan fingerprint density at radius 3 is 2.40 bits per heavy atom. The van der Waals surface area contributed by atoms with E-state index < -0.39 is 23.3 Å². The number of carboxylic acids is 1. The largest absolute Gasteiger partial charge is 0.481 e. The number of likely N-dealkylation sites (N-methyl/N-ethyl adjacent to an activating group) is 1. The third-order valence-corrected chi connectivity index (χ3v) is 3.67. The number of rotatable bonds is 3. The average Bonchev–Trinajstić information content (AvgIpc) is 2.31. The Morgan fingerprint density at radius 2 is 1.90 bits per heavy atom. The fourth-order valence-electron chi connectivity index (χ4n) is 1.95. The number of imide groups is 1. The molecule has 3 amide bonds. The van der Waals surface area contributed by atoms with Crippen molar-refractivity contribution in [3.8, 4) is 0 Å². The third-order valence-electron chi connectivity index (χ3n) is 3.67. The van der Waals surface area contributed by atoms with Gasteiger partial charge in [0.25, 0.3) is 0 Å². The highest BCUT2D eigenvalue weighted by Crippen LogP contribution is 2.20. The molecule has 0 aliphatic carbocycles. The van der Waals surface area contributed by atoms with Crippen molar-refractivity contribution in [3.63, 3.8) is 0 Å². The van der Waals surface area contributed by atoms with E-state index in [4.69, 9.17) is 5.11 Å². The zero-order chi connectivity index (χ0) is 15.5. The number of carbonyl (C=O) groups excluding carboxylic acids is 2. The zero-order valence-electron chi connectivity index (χ0n) is 12.5.